The molecule has 0 amide bonds. The molecule has 146 valence electrons. The number of nitrogens with zero attached hydrogens (tertiary/aromatic N) is 4. The molecular weight excluding hydrogens is 345 g/mol. The Morgan fingerprint density at radius 3 is 2.62 bits per heavy atom. The lowest BCUT2D eigenvalue weighted by molar-refractivity contribution is -0.141. The summed E-state index contributed by atoms with van der Waals surface area (Å²) in [6.45, 7) is 3.01. The van der Waals surface area contributed by atoms with E-state index in [9.17, 15) is 18.3 Å². The van der Waals surface area contributed by atoms with Crippen molar-refractivity contribution < 1.29 is 18.3 Å². The molecule has 1 aliphatic heterocycles. The zero-order valence-electron chi connectivity index (χ0n) is 15.0. The molecule has 5 nitrogen and oxygen atoms in total. The van der Waals surface area contributed by atoms with E-state index in [2.05, 4.69) is 14.9 Å². The lowest BCUT2D eigenvalue weighted by Gasteiger charge is -2.43. The summed E-state index contributed by atoms with van der Waals surface area (Å²) < 4.78 is 38.7. The van der Waals surface area contributed by atoms with Crippen LogP contribution in [-0.2, 0) is 6.18 Å². The van der Waals surface area contributed by atoms with Crippen molar-refractivity contribution in [1.82, 2.24) is 14.9 Å². The molecule has 1 aromatic rings. The molecule has 2 heterocycles. The molecule has 26 heavy (non-hydrogen) atoms. The minimum atomic E-state index is -4.47. The predicted molar refractivity (Wildman–Crippen MR) is 92.9 cm³/mol. The van der Waals surface area contributed by atoms with E-state index in [1.807, 2.05) is 4.90 Å². The number of alkyl halides is 3. The molecule has 1 saturated carbocycles. The Morgan fingerprint density at radius 2 is 1.92 bits per heavy atom. The minimum absolute atomic E-state index is 0.0725. The average Bonchev–Trinajstić information content (AvgIpc) is 2.64. The van der Waals surface area contributed by atoms with Gasteiger partial charge in [-0.3, -0.25) is 4.90 Å². The first kappa shape index (κ1) is 19.4. The fourth-order valence-electron chi connectivity index (χ4n) is 4.10. The molecule has 0 unspecified atom stereocenters. The van der Waals surface area contributed by atoms with Gasteiger partial charge in [0, 0.05) is 45.0 Å². The van der Waals surface area contributed by atoms with E-state index in [1.165, 1.54) is 38.3 Å². The number of aliphatic hydroxyl groups is 1. The third kappa shape index (κ3) is 4.85. The van der Waals surface area contributed by atoms with Crippen molar-refractivity contribution in [1.29, 1.82) is 0 Å². The van der Waals surface area contributed by atoms with E-state index >= 15 is 0 Å². The highest BCUT2D eigenvalue weighted by atomic mass is 19.4. The van der Waals surface area contributed by atoms with Gasteiger partial charge in [0.15, 0.2) is 0 Å². The van der Waals surface area contributed by atoms with Crippen LogP contribution in [0.25, 0.3) is 0 Å². The molecular formula is C18H27F3N4O. The first-order chi connectivity index (χ1) is 12.5. The lowest BCUT2D eigenvalue weighted by atomic mass is 9.88. The summed E-state index contributed by atoms with van der Waals surface area (Å²) in [6, 6.07) is 1.02. The third-order valence-corrected chi connectivity index (χ3v) is 5.50. The van der Waals surface area contributed by atoms with Crippen LogP contribution in [0.4, 0.5) is 19.1 Å². The van der Waals surface area contributed by atoms with Crippen molar-refractivity contribution in [2.75, 3.05) is 37.7 Å². The number of rotatable bonds is 5. The molecule has 0 spiro atoms. The number of piperazine rings is 1. The second-order valence-electron chi connectivity index (χ2n) is 7.35. The Bertz CT molecular complexity index is 578. The van der Waals surface area contributed by atoms with Crippen LogP contribution >= 0.6 is 0 Å². The van der Waals surface area contributed by atoms with Gasteiger partial charge in [0.05, 0.1) is 0 Å². The van der Waals surface area contributed by atoms with Gasteiger partial charge in [0.25, 0.3) is 0 Å². The van der Waals surface area contributed by atoms with Gasteiger partial charge in [0.2, 0.25) is 5.95 Å². The van der Waals surface area contributed by atoms with E-state index in [-0.39, 0.29) is 18.6 Å². The van der Waals surface area contributed by atoms with Crippen LogP contribution in [0.2, 0.25) is 0 Å². The molecule has 8 heteroatoms. The van der Waals surface area contributed by atoms with Crippen molar-refractivity contribution >= 4 is 5.95 Å². The molecule has 0 aromatic carbocycles. The Hall–Kier alpha value is -1.41. The van der Waals surface area contributed by atoms with Crippen LogP contribution in [0.15, 0.2) is 12.3 Å². The number of hydrogen-bond donors (Lipinski definition) is 1. The van der Waals surface area contributed by atoms with E-state index in [0.717, 1.165) is 19.2 Å². The number of hydrogen-bond acceptors (Lipinski definition) is 5. The summed E-state index contributed by atoms with van der Waals surface area (Å²) in [5, 5.41) is 9.42. The van der Waals surface area contributed by atoms with Gasteiger partial charge in [-0.15, -0.1) is 0 Å². The topological polar surface area (TPSA) is 52.5 Å². The van der Waals surface area contributed by atoms with Gasteiger partial charge in [-0.05, 0) is 31.2 Å². The molecule has 1 atom stereocenters. The van der Waals surface area contributed by atoms with E-state index in [0.29, 0.717) is 25.4 Å². The third-order valence-electron chi connectivity index (χ3n) is 5.50. The highest BCUT2D eigenvalue weighted by molar-refractivity contribution is 5.32. The second-order valence-corrected chi connectivity index (χ2v) is 7.35. The van der Waals surface area contributed by atoms with E-state index < -0.39 is 11.9 Å². The number of aromatic nitrogens is 2. The summed E-state index contributed by atoms with van der Waals surface area (Å²) in [5.41, 5.74) is -0.911. The minimum Gasteiger partial charge on any atom is -0.396 e. The molecule has 1 N–H and O–H groups in total. The van der Waals surface area contributed by atoms with Crippen LogP contribution in [-0.4, -0.2) is 58.8 Å². The highest BCUT2D eigenvalue weighted by Crippen LogP contribution is 2.29. The maximum absolute atomic E-state index is 12.9. The fourth-order valence-corrected chi connectivity index (χ4v) is 4.10. The largest absolute Gasteiger partial charge is 0.433 e. The average molecular weight is 372 g/mol. The standard InChI is InChI=1S/C18H27F3N4O/c19-18(20,21)16-6-8-22-17(23-16)25-10-9-24(15(13-25)7-11-26)12-14-4-2-1-3-5-14/h6,8,14-15,26H,1-5,7,9-13H2/t15-/m1/s1. The summed E-state index contributed by atoms with van der Waals surface area (Å²) in [6.07, 6.45) is 3.71. The summed E-state index contributed by atoms with van der Waals surface area (Å²) in [5.74, 6) is 0.821. The van der Waals surface area contributed by atoms with Crippen molar-refractivity contribution in [3.8, 4) is 0 Å². The van der Waals surface area contributed by atoms with Crippen LogP contribution in [0.5, 0.6) is 0 Å². The maximum atomic E-state index is 12.9. The molecule has 2 fully saturated rings. The SMILES string of the molecule is OCC[C@@H]1CN(c2nccc(C(F)(F)F)n2)CCN1CC1CCCCC1. The maximum Gasteiger partial charge on any atom is 0.433 e. The molecule has 2 aliphatic rings. The first-order valence-electron chi connectivity index (χ1n) is 9.47. The zero-order valence-corrected chi connectivity index (χ0v) is 15.0. The summed E-state index contributed by atoms with van der Waals surface area (Å²) in [7, 11) is 0. The fraction of sp³-hybridized carbons (Fsp3) is 0.778. The lowest BCUT2D eigenvalue weighted by Crippen LogP contribution is -2.55. The van der Waals surface area contributed by atoms with E-state index in [1.54, 1.807) is 0 Å². The number of aliphatic hydroxyl groups excluding tert-OH is 1. The van der Waals surface area contributed by atoms with Gasteiger partial charge < -0.3 is 10.0 Å². The molecule has 1 aromatic heterocycles. The highest BCUT2D eigenvalue weighted by Gasteiger charge is 2.34. The Balaban J connectivity index is 1.67. The van der Waals surface area contributed by atoms with Gasteiger partial charge in [-0.1, -0.05) is 19.3 Å². The Kier molecular flexibility index (Phi) is 6.34. The summed E-state index contributed by atoms with van der Waals surface area (Å²) in [4.78, 5) is 12.0. The molecule has 0 radical (unpaired) electrons. The van der Waals surface area contributed by atoms with Crippen LogP contribution in [0.1, 0.15) is 44.2 Å². The van der Waals surface area contributed by atoms with Crippen molar-refractivity contribution in [2.24, 2.45) is 5.92 Å². The molecule has 3 rings (SSSR count). The number of anilines is 1. The number of halogens is 3. The Labute approximate surface area is 152 Å². The van der Waals surface area contributed by atoms with Gasteiger partial charge in [-0.25, -0.2) is 9.97 Å². The zero-order chi connectivity index (χ0) is 18.6. The van der Waals surface area contributed by atoms with Gasteiger partial charge in [0.1, 0.15) is 5.69 Å². The quantitative estimate of drug-likeness (QED) is 0.861. The summed E-state index contributed by atoms with van der Waals surface area (Å²) >= 11 is 0. The first-order valence-corrected chi connectivity index (χ1v) is 9.47. The molecule has 0 bridgehead atoms. The normalized spacial score (nSPS) is 23.4. The van der Waals surface area contributed by atoms with Gasteiger partial charge in [-0.2, -0.15) is 13.2 Å². The monoisotopic (exact) mass is 372 g/mol. The predicted octanol–water partition coefficient (Wildman–Crippen LogP) is 2.95. The smallest absolute Gasteiger partial charge is 0.396 e. The second kappa shape index (κ2) is 8.52. The van der Waals surface area contributed by atoms with Crippen LogP contribution in [0, 0.1) is 5.92 Å². The molecule has 1 saturated heterocycles. The van der Waals surface area contributed by atoms with Crippen molar-refractivity contribution in [2.45, 2.75) is 50.7 Å². The Morgan fingerprint density at radius 1 is 1.15 bits per heavy atom. The van der Waals surface area contributed by atoms with Crippen LogP contribution in [0.3, 0.4) is 0 Å². The van der Waals surface area contributed by atoms with Crippen molar-refractivity contribution in [3.63, 3.8) is 0 Å². The van der Waals surface area contributed by atoms with E-state index in [4.69, 9.17) is 0 Å². The van der Waals surface area contributed by atoms with Crippen LogP contribution < -0.4 is 4.90 Å². The van der Waals surface area contributed by atoms with Crippen molar-refractivity contribution in [3.05, 3.63) is 18.0 Å². The molecule has 1 aliphatic carbocycles. The van der Waals surface area contributed by atoms with Gasteiger partial charge >= 0.3 is 6.18 Å².